The molecule has 0 radical (unpaired) electrons. The summed E-state index contributed by atoms with van der Waals surface area (Å²) in [5.41, 5.74) is 1.39. The van der Waals surface area contributed by atoms with Gasteiger partial charge in [-0.1, -0.05) is 13.8 Å². The summed E-state index contributed by atoms with van der Waals surface area (Å²) < 4.78 is 0. The second-order valence-corrected chi connectivity index (χ2v) is 2.27. The average molecular weight is 179 g/mol. The minimum atomic E-state index is 0.530. The van der Waals surface area contributed by atoms with Crippen molar-refractivity contribution in [2.45, 2.75) is 20.8 Å². The summed E-state index contributed by atoms with van der Waals surface area (Å²) in [4.78, 5) is 4.07. The molecule has 0 saturated heterocycles. The van der Waals surface area contributed by atoms with Gasteiger partial charge in [0.15, 0.2) is 0 Å². The van der Waals surface area contributed by atoms with Gasteiger partial charge in [0.05, 0.1) is 0 Å². The lowest BCUT2D eigenvalue weighted by Gasteiger charge is -2.04. The summed E-state index contributed by atoms with van der Waals surface area (Å²) in [6.07, 6.45) is 1.71. The van der Waals surface area contributed by atoms with Crippen molar-refractivity contribution in [3.05, 3.63) is 23.9 Å². The van der Waals surface area contributed by atoms with Gasteiger partial charge in [0.2, 0.25) is 0 Å². The van der Waals surface area contributed by atoms with E-state index in [9.17, 15) is 0 Å². The van der Waals surface area contributed by atoms with E-state index < -0.39 is 0 Å². The second-order valence-electron chi connectivity index (χ2n) is 2.27. The first-order valence-corrected chi connectivity index (χ1v) is 4.44. The summed E-state index contributed by atoms with van der Waals surface area (Å²) in [6, 6.07) is 3.70. The summed E-state index contributed by atoms with van der Waals surface area (Å²) in [7, 11) is 1.80. The predicted octanol–water partition coefficient (Wildman–Crippen LogP) is 2.54. The lowest BCUT2D eigenvalue weighted by molar-refractivity contribution is 1.27. The van der Waals surface area contributed by atoms with E-state index in [2.05, 4.69) is 10.3 Å². The van der Waals surface area contributed by atoms with Gasteiger partial charge in [-0.25, -0.2) is 4.98 Å². The van der Waals surface area contributed by atoms with E-state index >= 15 is 0 Å². The molecule has 1 rings (SSSR count). The fourth-order valence-corrected chi connectivity index (χ4v) is 0.907. The molecule has 1 aromatic rings. The van der Waals surface area contributed by atoms with Gasteiger partial charge >= 0.3 is 0 Å². The topological polar surface area (TPSA) is 48.8 Å². The molecule has 1 aromatic heterocycles. The van der Waals surface area contributed by atoms with Crippen molar-refractivity contribution >= 4 is 11.5 Å². The van der Waals surface area contributed by atoms with Crippen LogP contribution in [0.2, 0.25) is 0 Å². The molecule has 3 heteroatoms. The van der Waals surface area contributed by atoms with Crippen LogP contribution in [0.25, 0.3) is 0 Å². The lowest BCUT2D eigenvalue weighted by Crippen LogP contribution is -2.01. The standard InChI is InChI=1S/C8H11N3.C2H6/c1-6(9)7-4-3-5-11-8(7)10-2;1-2/h3-5,9H,1-2H3,(H,10,11);1-2H3. The van der Waals surface area contributed by atoms with Crippen molar-refractivity contribution < 1.29 is 0 Å². The van der Waals surface area contributed by atoms with Crippen LogP contribution < -0.4 is 5.32 Å². The minimum Gasteiger partial charge on any atom is -0.373 e. The molecule has 0 aliphatic carbocycles. The van der Waals surface area contributed by atoms with Gasteiger partial charge in [0.1, 0.15) is 5.82 Å². The molecular weight excluding hydrogens is 162 g/mol. The number of aromatic nitrogens is 1. The highest BCUT2D eigenvalue weighted by Crippen LogP contribution is 2.09. The van der Waals surface area contributed by atoms with E-state index in [1.807, 2.05) is 26.0 Å². The van der Waals surface area contributed by atoms with Crippen molar-refractivity contribution in [2.24, 2.45) is 0 Å². The maximum absolute atomic E-state index is 7.40. The number of pyridine rings is 1. The smallest absolute Gasteiger partial charge is 0.134 e. The molecule has 0 spiro atoms. The number of nitrogens with one attached hydrogen (secondary N) is 2. The van der Waals surface area contributed by atoms with Gasteiger partial charge in [-0.2, -0.15) is 0 Å². The molecule has 0 fully saturated rings. The Balaban J connectivity index is 0.000000671. The van der Waals surface area contributed by atoms with Crippen LogP contribution in [0.4, 0.5) is 5.82 Å². The summed E-state index contributed by atoms with van der Waals surface area (Å²) in [5, 5.41) is 10.3. The van der Waals surface area contributed by atoms with Crippen LogP contribution in [0.3, 0.4) is 0 Å². The minimum absolute atomic E-state index is 0.530. The summed E-state index contributed by atoms with van der Waals surface area (Å²) in [6.45, 7) is 5.75. The Hall–Kier alpha value is -1.38. The molecule has 0 aliphatic rings. The fraction of sp³-hybridized carbons (Fsp3) is 0.400. The fourth-order valence-electron chi connectivity index (χ4n) is 0.907. The van der Waals surface area contributed by atoms with Crippen LogP contribution in [-0.2, 0) is 0 Å². The van der Waals surface area contributed by atoms with Gasteiger partial charge in [0.25, 0.3) is 0 Å². The van der Waals surface area contributed by atoms with E-state index in [-0.39, 0.29) is 0 Å². The average Bonchev–Trinajstić information content (AvgIpc) is 2.20. The van der Waals surface area contributed by atoms with Crippen molar-refractivity contribution in [3.63, 3.8) is 0 Å². The number of rotatable bonds is 2. The van der Waals surface area contributed by atoms with Crippen molar-refractivity contribution in [1.82, 2.24) is 4.98 Å². The Kier molecular flexibility index (Phi) is 5.52. The Morgan fingerprint density at radius 1 is 1.46 bits per heavy atom. The van der Waals surface area contributed by atoms with Gasteiger partial charge in [0, 0.05) is 24.5 Å². The van der Waals surface area contributed by atoms with Crippen LogP contribution in [0.15, 0.2) is 18.3 Å². The molecule has 2 N–H and O–H groups in total. The summed E-state index contributed by atoms with van der Waals surface area (Å²) in [5.74, 6) is 0.764. The molecule has 3 nitrogen and oxygen atoms in total. The third-order valence-corrected chi connectivity index (χ3v) is 1.45. The van der Waals surface area contributed by atoms with E-state index in [0.717, 1.165) is 11.4 Å². The van der Waals surface area contributed by atoms with Gasteiger partial charge in [-0.3, -0.25) is 0 Å². The SMILES string of the molecule is CC.CNc1ncccc1C(C)=N. The van der Waals surface area contributed by atoms with Crippen molar-refractivity contribution in [2.75, 3.05) is 12.4 Å². The van der Waals surface area contributed by atoms with Crippen molar-refractivity contribution in [1.29, 1.82) is 5.41 Å². The highest BCUT2D eigenvalue weighted by atomic mass is 15.0. The number of nitrogens with zero attached hydrogens (tertiary/aromatic N) is 1. The first-order valence-electron chi connectivity index (χ1n) is 4.44. The Labute approximate surface area is 79.7 Å². The maximum atomic E-state index is 7.40. The summed E-state index contributed by atoms with van der Waals surface area (Å²) >= 11 is 0. The van der Waals surface area contributed by atoms with E-state index in [0.29, 0.717) is 5.71 Å². The van der Waals surface area contributed by atoms with Gasteiger partial charge < -0.3 is 10.7 Å². The monoisotopic (exact) mass is 179 g/mol. The molecule has 0 atom stereocenters. The Morgan fingerprint density at radius 3 is 2.46 bits per heavy atom. The first-order chi connectivity index (χ1) is 6.25. The Bertz CT molecular complexity index is 269. The van der Waals surface area contributed by atoms with Crippen LogP contribution in [0.1, 0.15) is 26.3 Å². The van der Waals surface area contributed by atoms with Crippen molar-refractivity contribution in [3.8, 4) is 0 Å². The van der Waals surface area contributed by atoms with Crippen LogP contribution >= 0.6 is 0 Å². The zero-order valence-corrected chi connectivity index (χ0v) is 8.68. The largest absolute Gasteiger partial charge is 0.373 e. The lowest BCUT2D eigenvalue weighted by atomic mass is 10.2. The number of hydrogen-bond acceptors (Lipinski definition) is 3. The molecule has 0 unspecified atom stereocenters. The normalized spacial score (nSPS) is 8.31. The highest BCUT2D eigenvalue weighted by molar-refractivity contribution is 6.00. The Morgan fingerprint density at radius 2 is 2.08 bits per heavy atom. The molecule has 0 saturated carbocycles. The zero-order valence-electron chi connectivity index (χ0n) is 8.68. The predicted molar refractivity (Wildman–Crippen MR) is 57.6 cm³/mol. The number of hydrogen-bond donors (Lipinski definition) is 2. The van der Waals surface area contributed by atoms with E-state index in [4.69, 9.17) is 5.41 Å². The van der Waals surface area contributed by atoms with Gasteiger partial charge in [-0.15, -0.1) is 0 Å². The first kappa shape index (κ1) is 11.6. The molecule has 0 aromatic carbocycles. The molecule has 0 bridgehead atoms. The zero-order chi connectivity index (χ0) is 10.3. The molecule has 1 heterocycles. The quantitative estimate of drug-likeness (QED) is 0.685. The van der Waals surface area contributed by atoms with Gasteiger partial charge in [-0.05, 0) is 19.1 Å². The van der Waals surface area contributed by atoms with E-state index in [1.165, 1.54) is 0 Å². The number of anilines is 1. The van der Waals surface area contributed by atoms with Crippen LogP contribution in [0, 0.1) is 5.41 Å². The molecule has 72 valence electrons. The third-order valence-electron chi connectivity index (χ3n) is 1.45. The molecule has 13 heavy (non-hydrogen) atoms. The van der Waals surface area contributed by atoms with Crippen LogP contribution in [0.5, 0.6) is 0 Å². The second kappa shape index (κ2) is 6.17. The third kappa shape index (κ3) is 3.23. The van der Waals surface area contributed by atoms with Crippen LogP contribution in [-0.4, -0.2) is 17.7 Å². The maximum Gasteiger partial charge on any atom is 0.134 e. The van der Waals surface area contributed by atoms with E-state index in [1.54, 1.807) is 20.2 Å². The molecule has 0 aliphatic heterocycles. The molecular formula is C10H17N3. The highest BCUT2D eigenvalue weighted by Gasteiger charge is 2.00. The molecule has 0 amide bonds.